The van der Waals surface area contributed by atoms with Crippen molar-refractivity contribution in [2.45, 2.75) is 26.5 Å². The van der Waals surface area contributed by atoms with Crippen LogP contribution in [0.1, 0.15) is 35.0 Å². The fraction of sp³-hybridized carbons (Fsp3) is 0.185. The zero-order valence-electron chi connectivity index (χ0n) is 19.6. The Labute approximate surface area is 202 Å². The van der Waals surface area contributed by atoms with Crippen LogP contribution >= 0.6 is 0 Å². The van der Waals surface area contributed by atoms with E-state index < -0.39 is 5.91 Å². The molecule has 0 aliphatic rings. The lowest BCUT2D eigenvalue weighted by atomic mass is 10.1. The highest BCUT2D eigenvalue weighted by molar-refractivity contribution is 6.05. The van der Waals surface area contributed by atoms with Crippen LogP contribution in [0.2, 0.25) is 0 Å². The summed E-state index contributed by atoms with van der Waals surface area (Å²) < 4.78 is 12.6. The molecule has 4 rings (SSSR count). The molecular formula is C27H26N4O4. The molecule has 8 heteroatoms. The Hall–Kier alpha value is -4.46. The van der Waals surface area contributed by atoms with Crippen LogP contribution in [-0.4, -0.2) is 29.0 Å². The van der Waals surface area contributed by atoms with Crippen LogP contribution in [0.3, 0.4) is 0 Å². The van der Waals surface area contributed by atoms with Crippen molar-refractivity contribution in [3.8, 4) is 11.5 Å². The SMILES string of the molecule is CCCn1nc(C(=O)N/N=C/c2ccc(OC)c(OCc3ccccc3)c2)c2ccccc2c1=O. The fourth-order valence-electron chi connectivity index (χ4n) is 3.61. The van der Waals surface area contributed by atoms with Gasteiger partial charge in [0.2, 0.25) is 0 Å². The van der Waals surface area contributed by atoms with E-state index in [0.29, 0.717) is 41.0 Å². The van der Waals surface area contributed by atoms with Gasteiger partial charge in [0.15, 0.2) is 17.2 Å². The van der Waals surface area contributed by atoms with Crippen molar-refractivity contribution >= 4 is 22.9 Å². The number of hydrazone groups is 1. The van der Waals surface area contributed by atoms with Gasteiger partial charge in [-0.1, -0.05) is 55.5 Å². The van der Waals surface area contributed by atoms with Crippen molar-refractivity contribution < 1.29 is 14.3 Å². The van der Waals surface area contributed by atoms with Crippen LogP contribution in [0.4, 0.5) is 0 Å². The van der Waals surface area contributed by atoms with Gasteiger partial charge in [0.05, 0.1) is 18.7 Å². The summed E-state index contributed by atoms with van der Waals surface area (Å²) in [5, 5.41) is 9.31. The third-order valence-corrected chi connectivity index (χ3v) is 5.32. The Morgan fingerprint density at radius 1 is 1.03 bits per heavy atom. The number of carbonyl (C=O) groups is 1. The maximum Gasteiger partial charge on any atom is 0.292 e. The third-order valence-electron chi connectivity index (χ3n) is 5.32. The molecule has 0 unspecified atom stereocenters. The summed E-state index contributed by atoms with van der Waals surface area (Å²) in [5.41, 5.74) is 4.19. The number of ether oxygens (including phenoxy) is 2. The van der Waals surface area contributed by atoms with Gasteiger partial charge in [-0.25, -0.2) is 10.1 Å². The lowest BCUT2D eigenvalue weighted by molar-refractivity contribution is 0.0949. The first kappa shape index (κ1) is 23.7. The highest BCUT2D eigenvalue weighted by Crippen LogP contribution is 2.28. The number of hydrogen-bond donors (Lipinski definition) is 1. The van der Waals surface area contributed by atoms with E-state index in [1.807, 2.05) is 37.3 Å². The van der Waals surface area contributed by atoms with E-state index in [0.717, 1.165) is 12.0 Å². The molecule has 0 saturated heterocycles. The molecule has 1 heterocycles. The van der Waals surface area contributed by atoms with Crippen molar-refractivity contribution in [3.63, 3.8) is 0 Å². The zero-order valence-corrected chi connectivity index (χ0v) is 19.6. The number of aromatic nitrogens is 2. The molecule has 0 fully saturated rings. The van der Waals surface area contributed by atoms with E-state index in [-0.39, 0.29) is 11.3 Å². The molecule has 0 bridgehead atoms. The number of nitrogens with one attached hydrogen (secondary N) is 1. The number of benzene rings is 3. The van der Waals surface area contributed by atoms with Gasteiger partial charge in [-0.05, 0) is 41.8 Å². The Morgan fingerprint density at radius 3 is 2.51 bits per heavy atom. The van der Waals surface area contributed by atoms with Gasteiger partial charge in [0.25, 0.3) is 11.5 Å². The quantitative estimate of drug-likeness (QED) is 0.293. The van der Waals surface area contributed by atoms with Gasteiger partial charge >= 0.3 is 0 Å². The molecule has 0 saturated carbocycles. The molecule has 0 aliphatic carbocycles. The van der Waals surface area contributed by atoms with Crippen LogP contribution < -0.4 is 20.5 Å². The normalized spacial score (nSPS) is 11.0. The molecule has 1 aromatic heterocycles. The predicted molar refractivity (Wildman–Crippen MR) is 135 cm³/mol. The number of rotatable bonds is 9. The zero-order chi connectivity index (χ0) is 24.6. The molecule has 178 valence electrons. The minimum Gasteiger partial charge on any atom is -0.493 e. The minimum atomic E-state index is -0.503. The molecule has 0 radical (unpaired) electrons. The standard InChI is InChI=1S/C27H26N4O4/c1-3-15-31-27(33)22-12-8-7-11-21(22)25(30-31)26(32)29-28-17-20-13-14-23(34-2)24(16-20)35-18-19-9-5-4-6-10-19/h4-14,16-17H,3,15,18H2,1-2H3,(H,29,32)/b28-17+. The van der Waals surface area contributed by atoms with Crippen molar-refractivity contribution in [1.29, 1.82) is 0 Å². The number of methoxy groups -OCH3 is 1. The number of aryl methyl sites for hydroxylation is 1. The summed E-state index contributed by atoms with van der Waals surface area (Å²) >= 11 is 0. The highest BCUT2D eigenvalue weighted by Gasteiger charge is 2.16. The molecule has 8 nitrogen and oxygen atoms in total. The molecule has 35 heavy (non-hydrogen) atoms. The van der Waals surface area contributed by atoms with Crippen LogP contribution in [0.5, 0.6) is 11.5 Å². The number of fused-ring (bicyclic) bond motifs is 1. The van der Waals surface area contributed by atoms with Gasteiger partial charge < -0.3 is 9.47 Å². The first-order chi connectivity index (χ1) is 17.1. The summed E-state index contributed by atoms with van der Waals surface area (Å²) in [6.45, 7) is 2.76. The van der Waals surface area contributed by atoms with Crippen LogP contribution in [0, 0.1) is 0 Å². The molecular weight excluding hydrogens is 444 g/mol. The van der Waals surface area contributed by atoms with E-state index in [4.69, 9.17) is 9.47 Å². The average Bonchev–Trinajstić information content (AvgIpc) is 2.90. The second kappa shape index (κ2) is 11.1. The van der Waals surface area contributed by atoms with Gasteiger partial charge in [-0.15, -0.1) is 0 Å². The van der Waals surface area contributed by atoms with Crippen molar-refractivity contribution in [2.75, 3.05) is 7.11 Å². The predicted octanol–water partition coefficient (Wildman–Crippen LogP) is 4.16. The molecule has 0 aliphatic heterocycles. The maximum atomic E-state index is 12.9. The van der Waals surface area contributed by atoms with Gasteiger partial charge in [-0.2, -0.15) is 10.2 Å². The molecule has 1 N–H and O–H groups in total. The topological polar surface area (TPSA) is 94.8 Å². The molecule has 4 aromatic rings. The highest BCUT2D eigenvalue weighted by atomic mass is 16.5. The Bertz CT molecular complexity index is 1410. The fourth-order valence-corrected chi connectivity index (χ4v) is 3.61. The first-order valence-electron chi connectivity index (χ1n) is 11.3. The number of amides is 1. The molecule has 1 amide bonds. The summed E-state index contributed by atoms with van der Waals surface area (Å²) in [7, 11) is 1.58. The molecule has 3 aromatic carbocycles. The van der Waals surface area contributed by atoms with E-state index in [1.54, 1.807) is 49.6 Å². The summed E-state index contributed by atoms with van der Waals surface area (Å²) in [6, 6.07) is 22.1. The Morgan fingerprint density at radius 2 is 1.77 bits per heavy atom. The lowest BCUT2D eigenvalue weighted by Gasteiger charge is -2.11. The third kappa shape index (κ3) is 5.55. The van der Waals surface area contributed by atoms with E-state index in [1.165, 1.54) is 10.9 Å². The van der Waals surface area contributed by atoms with Crippen LogP contribution in [0.25, 0.3) is 10.8 Å². The van der Waals surface area contributed by atoms with Gasteiger partial charge in [0.1, 0.15) is 6.61 Å². The largest absolute Gasteiger partial charge is 0.493 e. The number of nitrogens with zero attached hydrogens (tertiary/aromatic N) is 3. The van der Waals surface area contributed by atoms with E-state index in [2.05, 4.69) is 15.6 Å². The number of carbonyl (C=O) groups excluding carboxylic acids is 1. The van der Waals surface area contributed by atoms with Crippen molar-refractivity contribution in [1.82, 2.24) is 15.2 Å². The van der Waals surface area contributed by atoms with Crippen LogP contribution in [0.15, 0.2) is 82.7 Å². The summed E-state index contributed by atoms with van der Waals surface area (Å²) in [4.78, 5) is 25.5. The van der Waals surface area contributed by atoms with Gasteiger partial charge in [-0.3, -0.25) is 9.59 Å². The molecule has 0 spiro atoms. The second-order valence-corrected chi connectivity index (χ2v) is 7.81. The van der Waals surface area contributed by atoms with Crippen molar-refractivity contribution in [3.05, 3.63) is 100.0 Å². The summed E-state index contributed by atoms with van der Waals surface area (Å²) in [5.74, 6) is 0.651. The maximum absolute atomic E-state index is 12.9. The average molecular weight is 471 g/mol. The van der Waals surface area contributed by atoms with Gasteiger partial charge in [0, 0.05) is 11.9 Å². The van der Waals surface area contributed by atoms with E-state index in [9.17, 15) is 9.59 Å². The minimum absolute atomic E-state index is 0.146. The number of hydrogen-bond acceptors (Lipinski definition) is 6. The molecule has 0 atom stereocenters. The first-order valence-corrected chi connectivity index (χ1v) is 11.3. The monoisotopic (exact) mass is 470 g/mol. The van der Waals surface area contributed by atoms with Crippen molar-refractivity contribution in [2.24, 2.45) is 5.10 Å². The second-order valence-electron chi connectivity index (χ2n) is 7.81. The smallest absolute Gasteiger partial charge is 0.292 e. The summed E-state index contributed by atoms with van der Waals surface area (Å²) in [6.07, 6.45) is 2.23. The van der Waals surface area contributed by atoms with Crippen LogP contribution in [-0.2, 0) is 13.2 Å². The Kier molecular flexibility index (Phi) is 7.52. The Balaban J connectivity index is 1.52. The van der Waals surface area contributed by atoms with E-state index >= 15 is 0 Å². The lowest BCUT2D eigenvalue weighted by Crippen LogP contribution is -2.29.